The van der Waals surface area contributed by atoms with Crippen LogP contribution >= 0.6 is 11.8 Å². The average molecular weight is 221 g/mol. The van der Waals surface area contributed by atoms with Gasteiger partial charge in [0.2, 0.25) is 0 Å². The van der Waals surface area contributed by atoms with Crippen molar-refractivity contribution in [3.05, 3.63) is 34.4 Å². The summed E-state index contributed by atoms with van der Waals surface area (Å²) in [4.78, 5) is 11.7. The van der Waals surface area contributed by atoms with Crippen LogP contribution in [0.3, 0.4) is 0 Å². The third-order valence-electron chi connectivity index (χ3n) is 2.69. The van der Waals surface area contributed by atoms with E-state index in [0.717, 1.165) is 17.9 Å². The van der Waals surface area contributed by atoms with Crippen LogP contribution in [0, 0.1) is 0 Å². The van der Waals surface area contributed by atoms with Gasteiger partial charge in [-0.3, -0.25) is 9.89 Å². The first-order valence-corrected chi connectivity index (χ1v) is 6.09. The number of hydrogen-bond acceptors (Lipinski definition) is 3. The number of hydrogen-bond donors (Lipinski definition) is 1. The van der Waals surface area contributed by atoms with E-state index < -0.39 is 0 Å². The summed E-state index contributed by atoms with van der Waals surface area (Å²) in [5, 5.41) is 7.53. The van der Waals surface area contributed by atoms with Crippen molar-refractivity contribution in [3.63, 3.8) is 0 Å². The molecule has 78 valence electrons. The van der Waals surface area contributed by atoms with E-state index >= 15 is 0 Å². The van der Waals surface area contributed by atoms with Crippen molar-refractivity contribution in [3.8, 4) is 0 Å². The van der Waals surface area contributed by atoms with Gasteiger partial charge in [0.25, 0.3) is 5.56 Å². The molecule has 0 saturated carbocycles. The predicted molar refractivity (Wildman–Crippen MR) is 60.2 cm³/mol. The van der Waals surface area contributed by atoms with Gasteiger partial charge in [0.1, 0.15) is 5.65 Å². The Bertz CT molecular complexity index is 539. The molecule has 5 heteroatoms. The maximum absolute atomic E-state index is 11.7. The molecule has 1 fully saturated rings. The zero-order chi connectivity index (χ0) is 10.3. The molecule has 2 aromatic heterocycles. The Balaban J connectivity index is 2.22. The maximum Gasteiger partial charge on any atom is 0.257 e. The number of aromatic amines is 1. The van der Waals surface area contributed by atoms with Crippen molar-refractivity contribution < 1.29 is 0 Å². The zero-order valence-corrected chi connectivity index (χ0v) is 8.96. The van der Waals surface area contributed by atoms with E-state index in [-0.39, 0.29) is 5.56 Å². The van der Waals surface area contributed by atoms with Gasteiger partial charge in [-0.05, 0) is 24.7 Å². The molecule has 1 saturated heterocycles. The predicted octanol–water partition coefficient (Wildman–Crippen LogP) is 1.59. The van der Waals surface area contributed by atoms with Gasteiger partial charge in [-0.1, -0.05) is 6.07 Å². The second-order valence-electron chi connectivity index (χ2n) is 3.67. The molecule has 1 aliphatic rings. The van der Waals surface area contributed by atoms with Crippen LogP contribution in [0.4, 0.5) is 0 Å². The highest BCUT2D eigenvalue weighted by Gasteiger charge is 2.22. The van der Waals surface area contributed by atoms with E-state index in [9.17, 15) is 4.79 Å². The molecule has 0 bridgehead atoms. The van der Waals surface area contributed by atoms with E-state index in [1.165, 1.54) is 12.2 Å². The van der Waals surface area contributed by atoms with Crippen molar-refractivity contribution >= 4 is 17.4 Å². The number of H-pyrrole nitrogens is 1. The summed E-state index contributed by atoms with van der Waals surface area (Å²) >= 11 is 1.88. The monoisotopic (exact) mass is 221 g/mol. The number of thioether (sulfide) groups is 1. The van der Waals surface area contributed by atoms with E-state index in [1.807, 2.05) is 17.8 Å². The largest absolute Gasteiger partial charge is 0.269 e. The first kappa shape index (κ1) is 9.03. The van der Waals surface area contributed by atoms with Gasteiger partial charge in [-0.2, -0.15) is 16.9 Å². The minimum Gasteiger partial charge on any atom is -0.269 e. The second kappa shape index (κ2) is 3.41. The van der Waals surface area contributed by atoms with Crippen molar-refractivity contribution in [1.82, 2.24) is 14.6 Å². The van der Waals surface area contributed by atoms with Crippen LogP contribution in [0.5, 0.6) is 0 Å². The maximum atomic E-state index is 11.7. The summed E-state index contributed by atoms with van der Waals surface area (Å²) in [5.41, 5.74) is 0.786. The molecule has 2 aromatic rings. The molecule has 0 aromatic carbocycles. The summed E-state index contributed by atoms with van der Waals surface area (Å²) in [7, 11) is 0. The third kappa shape index (κ3) is 1.38. The normalized spacial score (nSPS) is 21.2. The van der Waals surface area contributed by atoms with Gasteiger partial charge in [0.15, 0.2) is 5.82 Å². The molecule has 1 unspecified atom stereocenters. The fraction of sp³-hybridized carbons (Fsp3) is 0.400. The Kier molecular flexibility index (Phi) is 2.05. The summed E-state index contributed by atoms with van der Waals surface area (Å²) < 4.78 is 1.68. The molecule has 0 aliphatic carbocycles. The first-order chi connectivity index (χ1) is 7.36. The Morgan fingerprint density at radius 3 is 3.27 bits per heavy atom. The summed E-state index contributed by atoms with van der Waals surface area (Å²) in [6, 6.07) is 5.20. The van der Waals surface area contributed by atoms with Crippen LogP contribution in [-0.4, -0.2) is 20.4 Å². The van der Waals surface area contributed by atoms with Crippen LogP contribution in [0.15, 0.2) is 23.0 Å². The van der Waals surface area contributed by atoms with Crippen molar-refractivity contribution in [1.29, 1.82) is 0 Å². The van der Waals surface area contributed by atoms with Gasteiger partial charge in [-0.25, -0.2) is 4.40 Å². The molecule has 3 rings (SSSR count). The molecule has 1 N–H and O–H groups in total. The average Bonchev–Trinajstić information content (AvgIpc) is 2.85. The number of nitrogens with zero attached hydrogens (tertiary/aromatic N) is 2. The van der Waals surface area contributed by atoms with E-state index in [1.54, 1.807) is 16.5 Å². The number of aromatic nitrogens is 3. The Morgan fingerprint density at radius 1 is 1.53 bits per heavy atom. The molecule has 0 spiro atoms. The van der Waals surface area contributed by atoms with Crippen molar-refractivity contribution in [2.24, 2.45) is 0 Å². The zero-order valence-electron chi connectivity index (χ0n) is 8.14. The highest BCUT2D eigenvalue weighted by molar-refractivity contribution is 7.99. The number of rotatable bonds is 1. The highest BCUT2D eigenvalue weighted by Crippen LogP contribution is 2.38. The minimum atomic E-state index is 0.00347. The van der Waals surface area contributed by atoms with Crippen LogP contribution in [0.1, 0.15) is 23.9 Å². The van der Waals surface area contributed by atoms with Crippen molar-refractivity contribution in [2.45, 2.75) is 18.1 Å². The molecule has 0 radical (unpaired) electrons. The van der Waals surface area contributed by atoms with Crippen LogP contribution in [-0.2, 0) is 0 Å². The third-order valence-corrected chi connectivity index (χ3v) is 4.06. The quantitative estimate of drug-likeness (QED) is 0.795. The standard InChI is InChI=1S/C10H11N3OS/c14-9-5-1-4-8-11-12-10(13(8)9)7-3-2-6-15-7/h1,4-5,7,11H,2-3,6H2. The molecule has 0 amide bonds. The summed E-state index contributed by atoms with van der Waals surface area (Å²) in [5.74, 6) is 2.04. The van der Waals surface area contributed by atoms with E-state index in [4.69, 9.17) is 0 Å². The number of nitrogens with one attached hydrogen (secondary N) is 1. The SMILES string of the molecule is O=c1cccc2[nH]nc(C3CCCS3)n12. The fourth-order valence-corrected chi connectivity index (χ4v) is 3.23. The molecule has 1 atom stereocenters. The second-order valence-corrected chi connectivity index (χ2v) is 4.98. The molecule has 3 heterocycles. The lowest BCUT2D eigenvalue weighted by Crippen LogP contribution is -2.14. The Morgan fingerprint density at radius 2 is 2.47 bits per heavy atom. The summed E-state index contributed by atoms with van der Waals surface area (Å²) in [6.45, 7) is 0. The Labute approximate surface area is 90.7 Å². The summed E-state index contributed by atoms with van der Waals surface area (Å²) in [6.07, 6.45) is 2.33. The van der Waals surface area contributed by atoms with Crippen LogP contribution in [0.2, 0.25) is 0 Å². The van der Waals surface area contributed by atoms with E-state index in [2.05, 4.69) is 10.2 Å². The van der Waals surface area contributed by atoms with E-state index in [0.29, 0.717) is 5.25 Å². The van der Waals surface area contributed by atoms with Crippen LogP contribution < -0.4 is 5.56 Å². The molecular weight excluding hydrogens is 210 g/mol. The lowest BCUT2D eigenvalue weighted by atomic mass is 10.2. The Hall–Kier alpha value is -1.23. The highest BCUT2D eigenvalue weighted by atomic mass is 32.2. The van der Waals surface area contributed by atoms with Crippen molar-refractivity contribution in [2.75, 3.05) is 5.75 Å². The molecular formula is C10H11N3OS. The lowest BCUT2D eigenvalue weighted by Gasteiger charge is -2.04. The topological polar surface area (TPSA) is 50.2 Å². The van der Waals surface area contributed by atoms with Gasteiger partial charge < -0.3 is 0 Å². The van der Waals surface area contributed by atoms with Gasteiger partial charge in [0, 0.05) is 6.07 Å². The molecule has 4 nitrogen and oxygen atoms in total. The molecule has 1 aliphatic heterocycles. The lowest BCUT2D eigenvalue weighted by molar-refractivity contribution is 0.761. The number of fused-ring (bicyclic) bond motifs is 1. The van der Waals surface area contributed by atoms with Gasteiger partial charge >= 0.3 is 0 Å². The fourth-order valence-electron chi connectivity index (χ4n) is 1.97. The number of pyridine rings is 1. The van der Waals surface area contributed by atoms with Gasteiger partial charge in [0.05, 0.1) is 5.25 Å². The minimum absolute atomic E-state index is 0.00347. The first-order valence-electron chi connectivity index (χ1n) is 5.04. The van der Waals surface area contributed by atoms with Crippen LogP contribution in [0.25, 0.3) is 5.65 Å². The van der Waals surface area contributed by atoms with Gasteiger partial charge in [-0.15, -0.1) is 0 Å². The smallest absolute Gasteiger partial charge is 0.257 e. The molecule has 15 heavy (non-hydrogen) atoms.